The van der Waals surface area contributed by atoms with Crippen molar-refractivity contribution in [2.75, 3.05) is 11.6 Å². The van der Waals surface area contributed by atoms with Gasteiger partial charge in [0.1, 0.15) is 10.6 Å². The molecule has 18 heavy (non-hydrogen) atoms. The van der Waals surface area contributed by atoms with E-state index in [2.05, 4.69) is 11.2 Å². The summed E-state index contributed by atoms with van der Waals surface area (Å²) in [5, 5.41) is 13.7. The molecular formula is C11H12N2O4S. The molecule has 1 unspecified atom stereocenters. The number of nitro groups is 1. The van der Waals surface area contributed by atoms with Crippen LogP contribution in [0, 0.1) is 22.5 Å². The number of benzene rings is 1. The zero-order valence-corrected chi connectivity index (χ0v) is 10.7. The molecule has 0 aliphatic carbocycles. The maximum atomic E-state index is 11.5. The van der Waals surface area contributed by atoms with Crippen LogP contribution in [0.25, 0.3) is 0 Å². The Morgan fingerprint density at radius 3 is 2.56 bits per heavy atom. The Kier molecular flexibility index (Phi) is 3.93. The van der Waals surface area contributed by atoms with Crippen molar-refractivity contribution in [2.24, 2.45) is 0 Å². The number of terminal acetylenes is 1. The van der Waals surface area contributed by atoms with Crippen molar-refractivity contribution >= 4 is 21.2 Å². The lowest BCUT2D eigenvalue weighted by atomic mass is 10.2. The summed E-state index contributed by atoms with van der Waals surface area (Å²) in [5.74, 6) is 2.35. The standard InChI is InChI=1S/C11H12N2O4S/c1-4-8(2)12-9-6-5-7-10(18(3,16)17)11(9)13(14)15/h1,5-8,12H,2-3H3. The smallest absolute Gasteiger partial charge is 0.310 e. The topological polar surface area (TPSA) is 89.3 Å². The molecule has 0 radical (unpaired) electrons. The van der Waals surface area contributed by atoms with Gasteiger partial charge in [-0.3, -0.25) is 10.1 Å². The predicted octanol–water partition coefficient (Wildman–Crippen LogP) is 1.43. The van der Waals surface area contributed by atoms with Crippen molar-refractivity contribution in [3.05, 3.63) is 28.3 Å². The number of sulfone groups is 1. The second kappa shape index (κ2) is 5.06. The van der Waals surface area contributed by atoms with E-state index in [1.807, 2.05) is 0 Å². The average Bonchev–Trinajstić information content (AvgIpc) is 2.27. The quantitative estimate of drug-likeness (QED) is 0.507. The Hall–Kier alpha value is -2.07. The van der Waals surface area contributed by atoms with Gasteiger partial charge >= 0.3 is 5.69 Å². The minimum atomic E-state index is -3.68. The van der Waals surface area contributed by atoms with Crippen LogP contribution in [-0.2, 0) is 9.84 Å². The van der Waals surface area contributed by atoms with Crippen LogP contribution in [0.4, 0.5) is 11.4 Å². The number of hydrogen-bond acceptors (Lipinski definition) is 5. The summed E-state index contributed by atoms with van der Waals surface area (Å²) in [6.45, 7) is 1.64. The SMILES string of the molecule is C#CC(C)Nc1cccc(S(C)(=O)=O)c1[N+](=O)[O-]. The summed E-state index contributed by atoms with van der Waals surface area (Å²) in [6, 6.07) is 3.59. The van der Waals surface area contributed by atoms with E-state index in [1.165, 1.54) is 18.2 Å². The molecule has 1 atom stereocenters. The Labute approximate surface area is 105 Å². The zero-order chi connectivity index (χ0) is 13.9. The van der Waals surface area contributed by atoms with Crippen LogP contribution < -0.4 is 5.32 Å². The second-order valence-corrected chi connectivity index (χ2v) is 5.70. The summed E-state index contributed by atoms with van der Waals surface area (Å²) in [7, 11) is -3.68. The molecule has 0 amide bonds. The first-order chi connectivity index (χ1) is 8.27. The first kappa shape index (κ1) is 14.0. The van der Waals surface area contributed by atoms with E-state index in [0.717, 1.165) is 6.26 Å². The van der Waals surface area contributed by atoms with E-state index >= 15 is 0 Å². The minimum Gasteiger partial charge on any atom is -0.366 e. The van der Waals surface area contributed by atoms with Gasteiger partial charge in [-0.25, -0.2) is 8.42 Å². The molecule has 0 saturated carbocycles. The van der Waals surface area contributed by atoms with E-state index in [4.69, 9.17) is 6.42 Å². The molecule has 1 N–H and O–H groups in total. The van der Waals surface area contributed by atoms with Gasteiger partial charge in [-0.15, -0.1) is 6.42 Å². The fourth-order valence-corrected chi connectivity index (χ4v) is 2.26. The van der Waals surface area contributed by atoms with Crippen molar-refractivity contribution in [1.82, 2.24) is 0 Å². The van der Waals surface area contributed by atoms with E-state index in [1.54, 1.807) is 6.92 Å². The van der Waals surface area contributed by atoms with Crippen molar-refractivity contribution < 1.29 is 13.3 Å². The van der Waals surface area contributed by atoms with Gasteiger partial charge in [0.05, 0.1) is 11.0 Å². The van der Waals surface area contributed by atoms with Crippen LogP contribution >= 0.6 is 0 Å². The van der Waals surface area contributed by atoms with Gasteiger partial charge in [0, 0.05) is 6.26 Å². The Morgan fingerprint density at radius 1 is 1.50 bits per heavy atom. The van der Waals surface area contributed by atoms with E-state index < -0.39 is 26.5 Å². The first-order valence-corrected chi connectivity index (χ1v) is 6.86. The maximum absolute atomic E-state index is 11.5. The number of anilines is 1. The summed E-state index contributed by atoms with van der Waals surface area (Å²) < 4.78 is 23.0. The predicted molar refractivity (Wildman–Crippen MR) is 68.1 cm³/mol. The molecule has 1 aromatic carbocycles. The number of nitrogens with one attached hydrogen (secondary N) is 1. The molecule has 0 bridgehead atoms. The molecule has 96 valence electrons. The maximum Gasteiger partial charge on any atom is 0.310 e. The van der Waals surface area contributed by atoms with E-state index in [-0.39, 0.29) is 10.6 Å². The van der Waals surface area contributed by atoms with E-state index in [0.29, 0.717) is 0 Å². The zero-order valence-electron chi connectivity index (χ0n) is 9.88. The molecular weight excluding hydrogens is 256 g/mol. The molecule has 7 heteroatoms. The van der Waals surface area contributed by atoms with Crippen LogP contribution in [-0.4, -0.2) is 25.6 Å². The fraction of sp³-hybridized carbons (Fsp3) is 0.273. The fourth-order valence-electron chi connectivity index (χ4n) is 1.40. The number of rotatable bonds is 4. The molecule has 1 rings (SSSR count). The number of para-hydroxylation sites is 1. The minimum absolute atomic E-state index is 0.0911. The van der Waals surface area contributed by atoms with Gasteiger partial charge in [-0.05, 0) is 19.1 Å². The van der Waals surface area contributed by atoms with Crippen molar-refractivity contribution in [3.63, 3.8) is 0 Å². The molecule has 0 saturated heterocycles. The van der Waals surface area contributed by atoms with Crippen LogP contribution in [0.5, 0.6) is 0 Å². The van der Waals surface area contributed by atoms with Gasteiger partial charge in [-0.1, -0.05) is 12.0 Å². The van der Waals surface area contributed by atoms with Crippen molar-refractivity contribution in [2.45, 2.75) is 17.9 Å². The highest BCUT2D eigenvalue weighted by molar-refractivity contribution is 7.90. The van der Waals surface area contributed by atoms with Gasteiger partial charge in [0.2, 0.25) is 0 Å². The third kappa shape index (κ3) is 2.99. The summed E-state index contributed by atoms with van der Waals surface area (Å²) in [6.07, 6.45) is 6.09. The summed E-state index contributed by atoms with van der Waals surface area (Å²) in [4.78, 5) is 9.94. The molecule has 0 spiro atoms. The highest BCUT2D eigenvalue weighted by atomic mass is 32.2. The van der Waals surface area contributed by atoms with Gasteiger partial charge < -0.3 is 5.32 Å². The molecule has 0 aliphatic heterocycles. The molecule has 0 fully saturated rings. The highest BCUT2D eigenvalue weighted by Crippen LogP contribution is 2.32. The Balaban J connectivity index is 3.46. The van der Waals surface area contributed by atoms with Gasteiger partial charge in [-0.2, -0.15) is 0 Å². The lowest BCUT2D eigenvalue weighted by Gasteiger charge is -2.11. The number of nitro benzene ring substituents is 1. The summed E-state index contributed by atoms with van der Waals surface area (Å²) in [5.41, 5.74) is -0.393. The van der Waals surface area contributed by atoms with Crippen molar-refractivity contribution in [1.29, 1.82) is 0 Å². The van der Waals surface area contributed by atoms with Gasteiger partial charge in [0.15, 0.2) is 9.84 Å². The normalized spacial score (nSPS) is 12.5. The molecule has 0 aromatic heterocycles. The third-order valence-electron chi connectivity index (χ3n) is 2.20. The third-order valence-corrected chi connectivity index (χ3v) is 3.33. The monoisotopic (exact) mass is 268 g/mol. The van der Waals surface area contributed by atoms with Crippen LogP contribution in [0.3, 0.4) is 0 Å². The average molecular weight is 268 g/mol. The lowest BCUT2D eigenvalue weighted by Crippen LogP contribution is -2.14. The Bertz CT molecular complexity index is 616. The number of hydrogen-bond donors (Lipinski definition) is 1. The highest BCUT2D eigenvalue weighted by Gasteiger charge is 2.26. The second-order valence-electron chi connectivity index (χ2n) is 3.71. The lowest BCUT2D eigenvalue weighted by molar-refractivity contribution is -0.386. The largest absolute Gasteiger partial charge is 0.366 e. The Morgan fingerprint density at radius 2 is 2.11 bits per heavy atom. The molecule has 6 nitrogen and oxygen atoms in total. The van der Waals surface area contributed by atoms with Crippen molar-refractivity contribution in [3.8, 4) is 12.3 Å². The van der Waals surface area contributed by atoms with Crippen LogP contribution in [0.2, 0.25) is 0 Å². The van der Waals surface area contributed by atoms with Gasteiger partial charge in [0.25, 0.3) is 0 Å². The first-order valence-electron chi connectivity index (χ1n) is 4.97. The molecule has 0 heterocycles. The molecule has 0 aliphatic rings. The number of nitrogens with zero attached hydrogens (tertiary/aromatic N) is 1. The van der Waals surface area contributed by atoms with E-state index in [9.17, 15) is 18.5 Å². The molecule has 1 aromatic rings. The van der Waals surface area contributed by atoms with Crippen LogP contribution in [0.15, 0.2) is 23.1 Å². The summed E-state index contributed by atoms with van der Waals surface area (Å²) >= 11 is 0. The van der Waals surface area contributed by atoms with Crippen LogP contribution in [0.1, 0.15) is 6.92 Å².